The van der Waals surface area contributed by atoms with Crippen LogP contribution in [0.1, 0.15) is 12.5 Å². The van der Waals surface area contributed by atoms with Gasteiger partial charge in [-0.2, -0.15) is 0 Å². The van der Waals surface area contributed by atoms with Gasteiger partial charge in [-0.3, -0.25) is 9.69 Å². The van der Waals surface area contributed by atoms with E-state index < -0.39 is 0 Å². The maximum atomic E-state index is 12.3. The zero-order chi connectivity index (χ0) is 22.2. The molecule has 2 aromatic rings. The van der Waals surface area contributed by atoms with Crippen LogP contribution in [-0.4, -0.2) is 63.8 Å². The summed E-state index contributed by atoms with van der Waals surface area (Å²) >= 11 is 6.22. The summed E-state index contributed by atoms with van der Waals surface area (Å²) in [6, 6.07) is 14.3. The highest BCUT2D eigenvalue weighted by Crippen LogP contribution is 2.36. The van der Waals surface area contributed by atoms with Crippen molar-refractivity contribution < 1.29 is 14.3 Å². The molecule has 1 amide bonds. The van der Waals surface area contributed by atoms with Gasteiger partial charge in [-0.1, -0.05) is 29.8 Å². The van der Waals surface area contributed by atoms with Gasteiger partial charge in [-0.25, -0.2) is 0 Å². The first-order valence-electron chi connectivity index (χ1n) is 10.4. The van der Waals surface area contributed by atoms with E-state index in [9.17, 15) is 4.79 Å². The van der Waals surface area contributed by atoms with Crippen LogP contribution in [0, 0.1) is 0 Å². The van der Waals surface area contributed by atoms with Crippen LogP contribution in [0.15, 0.2) is 48.5 Å². The number of benzene rings is 2. The number of hydrogen-bond acceptors (Lipinski definition) is 5. The second-order valence-corrected chi connectivity index (χ2v) is 7.93. The number of amides is 1. The lowest BCUT2D eigenvalue weighted by Crippen LogP contribution is -2.52. The van der Waals surface area contributed by atoms with Gasteiger partial charge in [0, 0.05) is 50.5 Å². The van der Waals surface area contributed by atoms with Gasteiger partial charge in [0.25, 0.3) is 0 Å². The number of methoxy groups -OCH3 is 2. The summed E-state index contributed by atoms with van der Waals surface area (Å²) in [4.78, 5) is 17.1. The zero-order valence-electron chi connectivity index (χ0n) is 18.3. The van der Waals surface area contributed by atoms with Gasteiger partial charge in [-0.05, 0) is 42.8 Å². The van der Waals surface area contributed by atoms with Crippen molar-refractivity contribution in [3.05, 3.63) is 59.1 Å². The molecular formula is C24H30ClN3O3. The van der Waals surface area contributed by atoms with Crippen LogP contribution >= 0.6 is 11.6 Å². The third kappa shape index (κ3) is 6.15. The summed E-state index contributed by atoms with van der Waals surface area (Å²) in [5.74, 6) is 0.867. The molecule has 1 unspecified atom stereocenters. The second kappa shape index (κ2) is 11.1. The van der Waals surface area contributed by atoms with Gasteiger partial charge in [0.05, 0.1) is 19.2 Å². The number of nitrogens with one attached hydrogen (secondary N) is 1. The summed E-state index contributed by atoms with van der Waals surface area (Å²) in [6.45, 7) is 6.68. The van der Waals surface area contributed by atoms with Crippen LogP contribution in [0.2, 0.25) is 5.02 Å². The number of ether oxygens (including phenoxy) is 2. The van der Waals surface area contributed by atoms with E-state index in [0.29, 0.717) is 23.1 Å². The van der Waals surface area contributed by atoms with Crippen molar-refractivity contribution in [2.75, 3.05) is 51.8 Å². The molecule has 1 saturated heterocycles. The van der Waals surface area contributed by atoms with E-state index in [1.54, 1.807) is 25.3 Å². The molecule has 31 heavy (non-hydrogen) atoms. The third-order valence-corrected chi connectivity index (χ3v) is 5.79. The first-order valence-corrected chi connectivity index (χ1v) is 10.8. The minimum Gasteiger partial charge on any atom is -0.493 e. The Kier molecular flexibility index (Phi) is 8.20. The number of hydrogen-bond donors (Lipinski definition) is 1. The summed E-state index contributed by atoms with van der Waals surface area (Å²) in [6.07, 6.45) is 3.23. The van der Waals surface area contributed by atoms with Crippen LogP contribution in [0.3, 0.4) is 0 Å². The molecule has 1 N–H and O–H groups in total. The average molecular weight is 444 g/mol. The summed E-state index contributed by atoms with van der Waals surface area (Å²) in [5, 5.41) is 3.42. The molecule has 166 valence electrons. The van der Waals surface area contributed by atoms with Crippen molar-refractivity contribution in [2.45, 2.75) is 13.0 Å². The fraction of sp³-hybridized carbons (Fsp3) is 0.375. The van der Waals surface area contributed by atoms with Crippen LogP contribution in [0.5, 0.6) is 11.5 Å². The Labute approximate surface area is 189 Å². The Balaban J connectivity index is 1.47. The standard InChI is InChI=1S/C24H30ClN3O3/c1-18(27-11-13-28(14-12-27)20-7-5-4-6-8-20)17-26-23(29)10-9-19-15-21(25)24(31-3)22(16-19)30-2/h4-10,15-16,18H,11-14,17H2,1-3H3,(H,26,29). The van der Waals surface area contributed by atoms with Crippen LogP contribution in [0.25, 0.3) is 6.08 Å². The topological polar surface area (TPSA) is 54.0 Å². The highest BCUT2D eigenvalue weighted by Gasteiger charge is 2.21. The minimum atomic E-state index is -0.138. The lowest BCUT2D eigenvalue weighted by molar-refractivity contribution is -0.116. The van der Waals surface area contributed by atoms with Crippen molar-refractivity contribution in [1.82, 2.24) is 10.2 Å². The van der Waals surface area contributed by atoms with E-state index in [1.165, 1.54) is 18.9 Å². The largest absolute Gasteiger partial charge is 0.493 e. The smallest absolute Gasteiger partial charge is 0.244 e. The average Bonchev–Trinajstić information content (AvgIpc) is 2.81. The first-order chi connectivity index (χ1) is 15.0. The Morgan fingerprint density at radius 1 is 1.13 bits per heavy atom. The fourth-order valence-corrected chi connectivity index (χ4v) is 4.00. The Hall–Kier alpha value is -2.70. The zero-order valence-corrected chi connectivity index (χ0v) is 19.1. The lowest BCUT2D eigenvalue weighted by atomic mass is 10.1. The van der Waals surface area contributed by atoms with E-state index in [2.05, 4.69) is 46.3 Å². The van der Waals surface area contributed by atoms with Crippen LogP contribution in [-0.2, 0) is 4.79 Å². The second-order valence-electron chi connectivity index (χ2n) is 7.52. The molecule has 0 saturated carbocycles. The SMILES string of the molecule is COc1cc(C=CC(=O)NCC(C)N2CCN(c3ccccc3)CC2)cc(Cl)c1OC. The molecule has 7 heteroatoms. The van der Waals surface area contributed by atoms with E-state index in [1.807, 2.05) is 6.07 Å². The van der Waals surface area contributed by atoms with Crippen molar-refractivity contribution in [2.24, 2.45) is 0 Å². The van der Waals surface area contributed by atoms with Crippen molar-refractivity contribution in [3.63, 3.8) is 0 Å². The van der Waals surface area contributed by atoms with E-state index in [0.717, 1.165) is 31.7 Å². The number of carbonyl (C=O) groups is 1. The molecule has 0 aromatic heterocycles. The molecule has 3 rings (SSSR count). The maximum Gasteiger partial charge on any atom is 0.244 e. The summed E-state index contributed by atoms with van der Waals surface area (Å²) in [5.41, 5.74) is 2.03. The molecule has 1 heterocycles. The Morgan fingerprint density at radius 3 is 2.48 bits per heavy atom. The molecule has 0 radical (unpaired) electrons. The molecule has 1 fully saturated rings. The number of nitrogens with zero attached hydrogens (tertiary/aromatic N) is 2. The predicted molar refractivity (Wildman–Crippen MR) is 126 cm³/mol. The van der Waals surface area contributed by atoms with E-state index in [-0.39, 0.29) is 11.9 Å². The summed E-state index contributed by atoms with van der Waals surface area (Å²) in [7, 11) is 3.09. The highest BCUT2D eigenvalue weighted by atomic mass is 35.5. The highest BCUT2D eigenvalue weighted by molar-refractivity contribution is 6.32. The predicted octanol–water partition coefficient (Wildman–Crippen LogP) is 3.70. The molecule has 0 spiro atoms. The number of anilines is 1. The van der Waals surface area contributed by atoms with Gasteiger partial charge < -0.3 is 19.7 Å². The summed E-state index contributed by atoms with van der Waals surface area (Å²) < 4.78 is 10.5. The van der Waals surface area contributed by atoms with Gasteiger partial charge in [0.15, 0.2) is 11.5 Å². The van der Waals surface area contributed by atoms with Crippen molar-refractivity contribution >= 4 is 29.3 Å². The fourth-order valence-electron chi connectivity index (χ4n) is 3.70. The monoisotopic (exact) mass is 443 g/mol. The third-order valence-electron chi connectivity index (χ3n) is 5.51. The molecule has 2 aromatic carbocycles. The quantitative estimate of drug-likeness (QED) is 0.630. The number of piperazine rings is 1. The molecule has 1 aliphatic rings. The van der Waals surface area contributed by atoms with Gasteiger partial charge in [-0.15, -0.1) is 0 Å². The molecule has 0 aliphatic carbocycles. The number of para-hydroxylation sites is 1. The number of carbonyl (C=O) groups excluding carboxylic acids is 1. The van der Waals surface area contributed by atoms with E-state index >= 15 is 0 Å². The van der Waals surface area contributed by atoms with Crippen LogP contribution < -0.4 is 19.7 Å². The normalized spacial score (nSPS) is 15.7. The van der Waals surface area contributed by atoms with Gasteiger partial charge in [0.1, 0.15) is 0 Å². The van der Waals surface area contributed by atoms with Crippen LogP contribution in [0.4, 0.5) is 5.69 Å². The molecule has 1 atom stereocenters. The molecule has 0 bridgehead atoms. The van der Waals surface area contributed by atoms with Crippen molar-refractivity contribution in [1.29, 1.82) is 0 Å². The Morgan fingerprint density at radius 2 is 1.84 bits per heavy atom. The van der Waals surface area contributed by atoms with Gasteiger partial charge in [0.2, 0.25) is 5.91 Å². The molecule has 6 nitrogen and oxygen atoms in total. The van der Waals surface area contributed by atoms with Crippen molar-refractivity contribution in [3.8, 4) is 11.5 Å². The van der Waals surface area contributed by atoms with E-state index in [4.69, 9.17) is 21.1 Å². The minimum absolute atomic E-state index is 0.138. The lowest BCUT2D eigenvalue weighted by Gasteiger charge is -2.39. The molecule has 1 aliphatic heterocycles. The number of rotatable bonds is 8. The Bertz CT molecular complexity index is 896. The maximum absolute atomic E-state index is 12.3. The first kappa shape index (κ1) is 23.0. The molecular weight excluding hydrogens is 414 g/mol. The number of halogens is 1. The van der Waals surface area contributed by atoms with Gasteiger partial charge >= 0.3 is 0 Å².